The van der Waals surface area contributed by atoms with Crippen molar-refractivity contribution in [2.75, 3.05) is 13.1 Å². The molecule has 118 valence electrons. The van der Waals surface area contributed by atoms with Crippen LogP contribution in [0.4, 0.5) is 4.79 Å². The molecular formula is C15H31N3O2. The zero-order valence-corrected chi connectivity index (χ0v) is 13.6. The summed E-state index contributed by atoms with van der Waals surface area (Å²) in [4.78, 5) is 13.9. The maximum atomic E-state index is 12.0. The van der Waals surface area contributed by atoms with E-state index >= 15 is 0 Å². The third-order valence-corrected chi connectivity index (χ3v) is 4.01. The molecule has 0 radical (unpaired) electrons. The van der Waals surface area contributed by atoms with Crippen molar-refractivity contribution in [2.45, 2.75) is 65.5 Å². The van der Waals surface area contributed by atoms with Crippen molar-refractivity contribution in [3.63, 3.8) is 0 Å². The van der Waals surface area contributed by atoms with Gasteiger partial charge in [-0.1, -0.05) is 20.3 Å². The summed E-state index contributed by atoms with van der Waals surface area (Å²) in [5, 5.41) is 0. The molecule has 5 nitrogen and oxygen atoms in total. The summed E-state index contributed by atoms with van der Waals surface area (Å²) in [5.41, 5.74) is 2.51. The van der Waals surface area contributed by atoms with Crippen molar-refractivity contribution in [1.29, 1.82) is 0 Å². The molecule has 0 aromatic carbocycles. The summed E-state index contributed by atoms with van der Waals surface area (Å²) in [6.45, 7) is 11.6. The van der Waals surface area contributed by atoms with Gasteiger partial charge in [0.1, 0.15) is 5.60 Å². The van der Waals surface area contributed by atoms with Crippen LogP contribution in [0.2, 0.25) is 0 Å². The Hall–Kier alpha value is -0.810. The Morgan fingerprint density at radius 2 is 2.15 bits per heavy atom. The molecule has 0 saturated carbocycles. The van der Waals surface area contributed by atoms with Crippen LogP contribution < -0.4 is 11.3 Å². The Kier molecular flexibility index (Phi) is 6.27. The smallest absolute Gasteiger partial charge is 0.410 e. The summed E-state index contributed by atoms with van der Waals surface area (Å²) >= 11 is 0. The van der Waals surface area contributed by atoms with E-state index in [0.717, 1.165) is 32.4 Å². The highest BCUT2D eigenvalue weighted by Gasteiger charge is 2.33. The number of carbonyl (C=O) groups excluding carboxylic acids is 1. The highest BCUT2D eigenvalue weighted by molar-refractivity contribution is 5.68. The second-order valence-corrected chi connectivity index (χ2v) is 7.00. The predicted molar refractivity (Wildman–Crippen MR) is 81.1 cm³/mol. The first kappa shape index (κ1) is 17.2. The molecule has 0 bridgehead atoms. The van der Waals surface area contributed by atoms with Gasteiger partial charge in [-0.25, -0.2) is 4.79 Å². The average molecular weight is 285 g/mol. The SMILES string of the molecule is CCC(C)CC(NN)C1CCN(C(=O)OC(C)(C)C)C1. The van der Waals surface area contributed by atoms with Gasteiger partial charge in [0.25, 0.3) is 0 Å². The summed E-state index contributed by atoms with van der Waals surface area (Å²) in [5.74, 6) is 6.76. The third-order valence-electron chi connectivity index (χ3n) is 4.01. The van der Waals surface area contributed by atoms with Gasteiger partial charge >= 0.3 is 6.09 Å². The van der Waals surface area contributed by atoms with Gasteiger partial charge in [-0.05, 0) is 45.4 Å². The fourth-order valence-corrected chi connectivity index (χ4v) is 2.60. The van der Waals surface area contributed by atoms with Gasteiger partial charge in [-0.15, -0.1) is 0 Å². The van der Waals surface area contributed by atoms with Crippen LogP contribution in [0.3, 0.4) is 0 Å². The highest BCUT2D eigenvalue weighted by Crippen LogP contribution is 2.25. The number of ether oxygens (including phenoxy) is 1. The zero-order valence-electron chi connectivity index (χ0n) is 13.6. The van der Waals surface area contributed by atoms with Crippen molar-refractivity contribution in [2.24, 2.45) is 17.7 Å². The van der Waals surface area contributed by atoms with Gasteiger partial charge < -0.3 is 9.64 Å². The molecule has 5 heteroatoms. The highest BCUT2D eigenvalue weighted by atomic mass is 16.6. The van der Waals surface area contributed by atoms with Crippen molar-refractivity contribution >= 4 is 6.09 Å². The maximum absolute atomic E-state index is 12.0. The van der Waals surface area contributed by atoms with E-state index in [2.05, 4.69) is 19.3 Å². The fraction of sp³-hybridized carbons (Fsp3) is 0.933. The molecule has 20 heavy (non-hydrogen) atoms. The van der Waals surface area contributed by atoms with Gasteiger partial charge in [-0.3, -0.25) is 11.3 Å². The molecule has 3 atom stereocenters. The average Bonchev–Trinajstić information content (AvgIpc) is 2.83. The Labute approximate surface area is 123 Å². The first-order chi connectivity index (χ1) is 9.26. The topological polar surface area (TPSA) is 67.6 Å². The largest absolute Gasteiger partial charge is 0.444 e. The van der Waals surface area contributed by atoms with E-state index in [0.29, 0.717) is 11.8 Å². The Morgan fingerprint density at radius 3 is 2.65 bits per heavy atom. The van der Waals surface area contributed by atoms with Gasteiger partial charge in [0, 0.05) is 19.1 Å². The molecule has 1 aliphatic heterocycles. The maximum Gasteiger partial charge on any atom is 0.410 e. The molecule has 1 rings (SSSR count). The zero-order chi connectivity index (χ0) is 15.3. The number of hydrogen-bond acceptors (Lipinski definition) is 4. The van der Waals surface area contributed by atoms with Crippen molar-refractivity contribution in [1.82, 2.24) is 10.3 Å². The molecule has 0 aromatic rings. The van der Waals surface area contributed by atoms with Crippen LogP contribution in [0, 0.1) is 11.8 Å². The van der Waals surface area contributed by atoms with E-state index in [4.69, 9.17) is 10.6 Å². The van der Waals surface area contributed by atoms with Crippen LogP contribution in [0.25, 0.3) is 0 Å². The van der Waals surface area contributed by atoms with E-state index in [1.165, 1.54) is 0 Å². The first-order valence-corrected chi connectivity index (χ1v) is 7.70. The van der Waals surface area contributed by atoms with Crippen LogP contribution in [0.1, 0.15) is 53.9 Å². The second kappa shape index (κ2) is 7.27. The molecule has 0 aliphatic carbocycles. The van der Waals surface area contributed by atoms with E-state index in [1.54, 1.807) is 4.90 Å². The number of nitrogens with zero attached hydrogens (tertiary/aromatic N) is 1. The van der Waals surface area contributed by atoms with Gasteiger partial charge in [0.05, 0.1) is 0 Å². The lowest BCUT2D eigenvalue weighted by molar-refractivity contribution is 0.0284. The van der Waals surface area contributed by atoms with Gasteiger partial charge in [0.2, 0.25) is 0 Å². The Bertz CT molecular complexity index is 315. The van der Waals surface area contributed by atoms with Crippen LogP contribution in [-0.4, -0.2) is 35.7 Å². The van der Waals surface area contributed by atoms with Crippen molar-refractivity contribution < 1.29 is 9.53 Å². The number of amides is 1. The number of hydrogen-bond donors (Lipinski definition) is 2. The third kappa shape index (κ3) is 5.29. The normalized spacial score (nSPS) is 22.7. The molecule has 0 spiro atoms. The summed E-state index contributed by atoms with van der Waals surface area (Å²) in [6.07, 6.45) is 2.99. The summed E-state index contributed by atoms with van der Waals surface area (Å²) in [6, 6.07) is 0.275. The van der Waals surface area contributed by atoms with Crippen molar-refractivity contribution in [3.8, 4) is 0 Å². The van der Waals surface area contributed by atoms with Crippen LogP contribution in [0.5, 0.6) is 0 Å². The van der Waals surface area contributed by atoms with E-state index in [-0.39, 0.29) is 12.1 Å². The van der Waals surface area contributed by atoms with Crippen molar-refractivity contribution in [3.05, 3.63) is 0 Å². The Balaban J connectivity index is 2.51. The number of nitrogens with one attached hydrogen (secondary N) is 1. The minimum absolute atomic E-state index is 0.209. The number of carbonyl (C=O) groups is 1. The second-order valence-electron chi connectivity index (χ2n) is 7.00. The quantitative estimate of drug-likeness (QED) is 0.601. The number of hydrazine groups is 1. The monoisotopic (exact) mass is 285 g/mol. The number of likely N-dealkylation sites (tertiary alicyclic amines) is 1. The van der Waals surface area contributed by atoms with E-state index < -0.39 is 5.60 Å². The lowest BCUT2D eigenvalue weighted by Crippen LogP contribution is -2.43. The molecule has 1 aliphatic rings. The van der Waals surface area contributed by atoms with Crippen LogP contribution in [0.15, 0.2) is 0 Å². The minimum Gasteiger partial charge on any atom is -0.444 e. The summed E-state index contributed by atoms with van der Waals surface area (Å²) < 4.78 is 5.42. The lowest BCUT2D eigenvalue weighted by atomic mass is 9.90. The molecule has 1 amide bonds. The molecule has 0 aromatic heterocycles. The fourth-order valence-electron chi connectivity index (χ4n) is 2.60. The Morgan fingerprint density at radius 1 is 1.50 bits per heavy atom. The molecule has 1 heterocycles. The number of nitrogens with two attached hydrogens (primary N) is 1. The molecule has 1 saturated heterocycles. The van der Waals surface area contributed by atoms with Crippen LogP contribution in [-0.2, 0) is 4.74 Å². The molecule has 1 fully saturated rings. The van der Waals surface area contributed by atoms with E-state index in [1.807, 2.05) is 20.8 Å². The number of rotatable bonds is 5. The first-order valence-electron chi connectivity index (χ1n) is 7.70. The standard InChI is InChI=1S/C15H31N3O2/c1-6-11(2)9-13(17-16)12-7-8-18(10-12)14(19)20-15(3,4)5/h11-13,17H,6-10,16H2,1-5H3. The van der Waals surface area contributed by atoms with Gasteiger partial charge in [-0.2, -0.15) is 0 Å². The van der Waals surface area contributed by atoms with Crippen LogP contribution >= 0.6 is 0 Å². The molecular weight excluding hydrogens is 254 g/mol. The lowest BCUT2D eigenvalue weighted by Gasteiger charge is -2.27. The molecule has 3 unspecified atom stereocenters. The van der Waals surface area contributed by atoms with Gasteiger partial charge in [0.15, 0.2) is 0 Å². The summed E-state index contributed by atoms with van der Waals surface area (Å²) in [7, 11) is 0. The van der Waals surface area contributed by atoms with E-state index in [9.17, 15) is 4.79 Å². The molecule has 3 N–H and O–H groups in total. The predicted octanol–water partition coefficient (Wildman–Crippen LogP) is 2.51. The minimum atomic E-state index is -0.433.